The van der Waals surface area contributed by atoms with E-state index in [1.165, 1.54) is 4.88 Å². The van der Waals surface area contributed by atoms with Crippen LogP contribution in [0.4, 0.5) is 0 Å². The maximum absolute atomic E-state index is 12.2. The maximum atomic E-state index is 12.2. The van der Waals surface area contributed by atoms with E-state index in [-0.39, 0.29) is 5.56 Å². The number of rotatable bonds is 3. The SMILES string of the molecule is Cc1cc2c(=O)n(CCc3cccs3)cnc2[nH]1. The zero-order chi connectivity index (χ0) is 12.5. The number of hydrogen-bond donors (Lipinski definition) is 1. The first-order valence-corrected chi connectivity index (χ1v) is 6.69. The minimum absolute atomic E-state index is 0.0286. The largest absolute Gasteiger partial charge is 0.343 e. The van der Waals surface area contributed by atoms with Gasteiger partial charge in [-0.15, -0.1) is 11.3 Å². The quantitative estimate of drug-likeness (QED) is 0.785. The molecule has 0 amide bonds. The number of aromatic amines is 1. The molecule has 3 heterocycles. The van der Waals surface area contributed by atoms with Crippen LogP contribution >= 0.6 is 11.3 Å². The van der Waals surface area contributed by atoms with Crippen LogP contribution in [-0.4, -0.2) is 14.5 Å². The molecule has 0 fully saturated rings. The van der Waals surface area contributed by atoms with Crippen molar-refractivity contribution in [2.45, 2.75) is 19.9 Å². The average Bonchev–Trinajstić information content (AvgIpc) is 2.97. The minimum atomic E-state index is 0.0286. The zero-order valence-electron chi connectivity index (χ0n) is 10.0. The van der Waals surface area contributed by atoms with Crippen LogP contribution in [0.1, 0.15) is 10.6 Å². The van der Waals surface area contributed by atoms with Crippen LogP contribution in [0.5, 0.6) is 0 Å². The molecule has 0 aliphatic heterocycles. The highest BCUT2D eigenvalue weighted by molar-refractivity contribution is 7.09. The molecule has 0 saturated carbocycles. The third-order valence-electron chi connectivity index (χ3n) is 2.93. The predicted molar refractivity (Wildman–Crippen MR) is 73.1 cm³/mol. The molecular formula is C13H13N3OS. The Morgan fingerprint density at radius 3 is 3.17 bits per heavy atom. The molecule has 5 heteroatoms. The van der Waals surface area contributed by atoms with Gasteiger partial charge in [-0.05, 0) is 30.9 Å². The summed E-state index contributed by atoms with van der Waals surface area (Å²) in [5, 5.41) is 2.72. The standard InChI is InChI=1S/C13H13N3OS/c1-9-7-11-12(15-9)14-8-16(13(11)17)5-4-10-3-2-6-18-10/h2-3,6-8,15H,4-5H2,1H3. The Bertz CT molecular complexity index is 724. The molecule has 3 aromatic heterocycles. The molecule has 0 saturated heterocycles. The first-order chi connectivity index (χ1) is 8.74. The van der Waals surface area contributed by atoms with Crippen LogP contribution in [0.2, 0.25) is 0 Å². The average molecular weight is 259 g/mol. The second-order valence-electron chi connectivity index (χ2n) is 4.29. The third kappa shape index (κ3) is 1.97. The summed E-state index contributed by atoms with van der Waals surface area (Å²) in [6.45, 7) is 2.60. The Morgan fingerprint density at radius 1 is 1.50 bits per heavy atom. The highest BCUT2D eigenvalue weighted by Gasteiger charge is 2.06. The van der Waals surface area contributed by atoms with Gasteiger partial charge in [0.25, 0.3) is 5.56 Å². The highest BCUT2D eigenvalue weighted by Crippen LogP contribution is 2.10. The van der Waals surface area contributed by atoms with Crippen LogP contribution in [0, 0.1) is 6.92 Å². The summed E-state index contributed by atoms with van der Waals surface area (Å²) >= 11 is 1.71. The lowest BCUT2D eigenvalue weighted by atomic mass is 10.3. The summed E-state index contributed by atoms with van der Waals surface area (Å²) < 4.78 is 1.68. The molecule has 0 spiro atoms. The second kappa shape index (κ2) is 4.42. The van der Waals surface area contributed by atoms with Gasteiger partial charge in [0.05, 0.1) is 11.7 Å². The molecule has 3 aromatic rings. The van der Waals surface area contributed by atoms with Crippen LogP contribution < -0.4 is 5.56 Å². The third-order valence-corrected chi connectivity index (χ3v) is 3.86. The number of thiophene rings is 1. The van der Waals surface area contributed by atoms with E-state index in [0.29, 0.717) is 17.6 Å². The molecule has 0 aliphatic rings. The molecule has 92 valence electrons. The number of fused-ring (bicyclic) bond motifs is 1. The van der Waals surface area contributed by atoms with Crippen LogP contribution in [-0.2, 0) is 13.0 Å². The van der Waals surface area contributed by atoms with Crippen molar-refractivity contribution in [3.05, 3.63) is 50.8 Å². The number of aromatic nitrogens is 3. The molecule has 0 aliphatic carbocycles. The fraction of sp³-hybridized carbons (Fsp3) is 0.231. The number of H-pyrrole nitrogens is 1. The van der Waals surface area contributed by atoms with Crippen molar-refractivity contribution in [1.82, 2.24) is 14.5 Å². The van der Waals surface area contributed by atoms with Gasteiger partial charge in [-0.3, -0.25) is 9.36 Å². The fourth-order valence-electron chi connectivity index (χ4n) is 2.02. The predicted octanol–water partition coefficient (Wildman–Crippen LogP) is 2.34. The summed E-state index contributed by atoms with van der Waals surface area (Å²) in [4.78, 5) is 20.8. The Hall–Kier alpha value is -1.88. The number of nitrogens with one attached hydrogen (secondary N) is 1. The lowest BCUT2D eigenvalue weighted by Gasteiger charge is -2.03. The van der Waals surface area contributed by atoms with Gasteiger partial charge >= 0.3 is 0 Å². The topological polar surface area (TPSA) is 50.7 Å². The molecular weight excluding hydrogens is 246 g/mol. The fourth-order valence-corrected chi connectivity index (χ4v) is 2.72. The Labute approximate surface area is 108 Å². The van der Waals surface area contributed by atoms with Crippen LogP contribution in [0.25, 0.3) is 11.0 Å². The lowest BCUT2D eigenvalue weighted by Crippen LogP contribution is -2.20. The van der Waals surface area contributed by atoms with Crippen molar-refractivity contribution in [2.75, 3.05) is 0 Å². The molecule has 4 nitrogen and oxygen atoms in total. The van der Waals surface area contributed by atoms with E-state index in [1.807, 2.05) is 19.1 Å². The summed E-state index contributed by atoms with van der Waals surface area (Å²) in [7, 11) is 0. The van der Waals surface area contributed by atoms with Gasteiger partial charge in [0.15, 0.2) is 0 Å². The van der Waals surface area contributed by atoms with E-state index in [9.17, 15) is 4.79 Å². The number of nitrogens with zero attached hydrogens (tertiary/aromatic N) is 2. The van der Waals surface area contributed by atoms with Crippen molar-refractivity contribution in [3.63, 3.8) is 0 Å². The van der Waals surface area contributed by atoms with Gasteiger partial charge in [0.2, 0.25) is 0 Å². The van der Waals surface area contributed by atoms with Gasteiger partial charge in [0.1, 0.15) is 5.65 Å². The van der Waals surface area contributed by atoms with E-state index in [0.717, 1.165) is 12.1 Å². The van der Waals surface area contributed by atoms with Gasteiger partial charge in [0, 0.05) is 17.1 Å². The molecule has 0 aromatic carbocycles. The van der Waals surface area contributed by atoms with Gasteiger partial charge in [-0.1, -0.05) is 6.07 Å². The molecule has 0 unspecified atom stereocenters. The van der Waals surface area contributed by atoms with Crippen LogP contribution in [0.15, 0.2) is 34.7 Å². The summed E-state index contributed by atoms with van der Waals surface area (Å²) in [5.41, 5.74) is 1.66. The Morgan fingerprint density at radius 2 is 2.39 bits per heavy atom. The first kappa shape index (κ1) is 11.2. The molecule has 1 N–H and O–H groups in total. The monoisotopic (exact) mass is 259 g/mol. The van der Waals surface area contributed by atoms with Crippen molar-refractivity contribution >= 4 is 22.4 Å². The molecule has 0 radical (unpaired) electrons. The molecule has 18 heavy (non-hydrogen) atoms. The van der Waals surface area contributed by atoms with Gasteiger partial charge in [-0.2, -0.15) is 0 Å². The zero-order valence-corrected chi connectivity index (χ0v) is 10.8. The summed E-state index contributed by atoms with van der Waals surface area (Å²) in [6.07, 6.45) is 2.49. The number of hydrogen-bond acceptors (Lipinski definition) is 3. The van der Waals surface area contributed by atoms with E-state index in [1.54, 1.807) is 22.2 Å². The smallest absolute Gasteiger partial charge is 0.262 e. The van der Waals surface area contributed by atoms with Crippen molar-refractivity contribution in [2.24, 2.45) is 0 Å². The second-order valence-corrected chi connectivity index (χ2v) is 5.32. The molecule has 0 atom stereocenters. The normalized spacial score (nSPS) is 11.2. The maximum Gasteiger partial charge on any atom is 0.262 e. The van der Waals surface area contributed by atoms with E-state index < -0.39 is 0 Å². The minimum Gasteiger partial charge on any atom is -0.343 e. The molecule has 0 bridgehead atoms. The summed E-state index contributed by atoms with van der Waals surface area (Å²) in [6, 6.07) is 5.97. The summed E-state index contributed by atoms with van der Waals surface area (Å²) in [5.74, 6) is 0. The van der Waals surface area contributed by atoms with Gasteiger partial charge in [-0.25, -0.2) is 4.98 Å². The van der Waals surface area contributed by atoms with Crippen molar-refractivity contribution < 1.29 is 0 Å². The van der Waals surface area contributed by atoms with Crippen LogP contribution in [0.3, 0.4) is 0 Å². The van der Waals surface area contributed by atoms with Crippen molar-refractivity contribution in [3.8, 4) is 0 Å². The van der Waals surface area contributed by atoms with Gasteiger partial charge < -0.3 is 4.98 Å². The van der Waals surface area contributed by atoms with E-state index in [4.69, 9.17) is 0 Å². The number of aryl methyl sites for hydroxylation is 3. The van der Waals surface area contributed by atoms with E-state index >= 15 is 0 Å². The molecule has 3 rings (SSSR count). The first-order valence-electron chi connectivity index (χ1n) is 5.81. The Balaban J connectivity index is 1.92. The highest BCUT2D eigenvalue weighted by atomic mass is 32.1. The van der Waals surface area contributed by atoms with E-state index in [2.05, 4.69) is 21.4 Å². The lowest BCUT2D eigenvalue weighted by molar-refractivity contribution is 0.667. The van der Waals surface area contributed by atoms with Crippen molar-refractivity contribution in [1.29, 1.82) is 0 Å². The Kier molecular flexibility index (Phi) is 2.76.